The van der Waals surface area contributed by atoms with E-state index in [1.807, 2.05) is 16.2 Å². The van der Waals surface area contributed by atoms with Crippen LogP contribution in [0.1, 0.15) is 47.6 Å². The summed E-state index contributed by atoms with van der Waals surface area (Å²) in [4.78, 5) is 21.2. The summed E-state index contributed by atoms with van der Waals surface area (Å²) >= 11 is 1.85. The Morgan fingerprint density at radius 2 is 1.93 bits per heavy atom. The second kappa shape index (κ2) is 12.3. The van der Waals surface area contributed by atoms with E-state index in [9.17, 15) is 4.79 Å². The molecule has 0 saturated carbocycles. The SMILES string of the molecule is CCNC(=NCc1ccc(CN2CCCC2=O)cc1)NC(C)Cc1ccc(C)s1.I. The minimum Gasteiger partial charge on any atom is -0.357 e. The van der Waals surface area contributed by atoms with Gasteiger partial charge in [-0.3, -0.25) is 4.79 Å². The van der Waals surface area contributed by atoms with Crippen LogP contribution in [0.5, 0.6) is 0 Å². The minimum absolute atomic E-state index is 0. The predicted octanol–water partition coefficient (Wildman–Crippen LogP) is 4.48. The van der Waals surface area contributed by atoms with Crippen molar-refractivity contribution >= 4 is 47.2 Å². The average Bonchev–Trinajstić information content (AvgIpc) is 3.29. The molecule has 0 radical (unpaired) electrons. The number of nitrogens with zero attached hydrogens (tertiary/aromatic N) is 2. The van der Waals surface area contributed by atoms with Crippen LogP contribution in [0.25, 0.3) is 0 Å². The van der Waals surface area contributed by atoms with Crippen LogP contribution in [0.2, 0.25) is 0 Å². The maximum atomic E-state index is 11.8. The van der Waals surface area contributed by atoms with Gasteiger partial charge in [-0.1, -0.05) is 24.3 Å². The predicted molar refractivity (Wildman–Crippen MR) is 137 cm³/mol. The van der Waals surface area contributed by atoms with Crippen LogP contribution in [-0.4, -0.2) is 35.9 Å². The summed E-state index contributed by atoms with van der Waals surface area (Å²) in [5.74, 6) is 1.12. The Morgan fingerprint density at radius 1 is 1.20 bits per heavy atom. The van der Waals surface area contributed by atoms with E-state index in [4.69, 9.17) is 4.99 Å². The van der Waals surface area contributed by atoms with Crippen LogP contribution in [0.15, 0.2) is 41.4 Å². The normalized spacial score (nSPS) is 15.1. The third-order valence-electron chi connectivity index (χ3n) is 5.02. The molecule has 1 unspecified atom stereocenters. The molecule has 1 amide bonds. The molecule has 0 spiro atoms. The zero-order valence-corrected chi connectivity index (χ0v) is 21.3. The quantitative estimate of drug-likeness (QED) is 0.295. The van der Waals surface area contributed by atoms with Crippen molar-refractivity contribution in [2.75, 3.05) is 13.1 Å². The maximum absolute atomic E-state index is 11.8. The zero-order chi connectivity index (χ0) is 20.6. The number of thiophene rings is 1. The number of aryl methyl sites for hydroxylation is 1. The first-order chi connectivity index (χ1) is 14.0. The van der Waals surface area contributed by atoms with Crippen molar-refractivity contribution in [3.8, 4) is 0 Å². The van der Waals surface area contributed by atoms with Crippen molar-refractivity contribution in [1.29, 1.82) is 0 Å². The lowest BCUT2D eigenvalue weighted by Gasteiger charge is -2.17. The van der Waals surface area contributed by atoms with E-state index in [1.165, 1.54) is 20.9 Å². The second-order valence-corrected chi connectivity index (χ2v) is 9.06. The van der Waals surface area contributed by atoms with Crippen LogP contribution >= 0.6 is 35.3 Å². The Labute approximate surface area is 201 Å². The van der Waals surface area contributed by atoms with E-state index in [-0.39, 0.29) is 29.9 Å². The van der Waals surface area contributed by atoms with Crippen molar-refractivity contribution in [3.63, 3.8) is 0 Å². The van der Waals surface area contributed by atoms with Crippen molar-refractivity contribution in [2.24, 2.45) is 4.99 Å². The highest BCUT2D eigenvalue weighted by atomic mass is 127. The summed E-state index contributed by atoms with van der Waals surface area (Å²) < 4.78 is 0. The Bertz CT molecular complexity index is 834. The van der Waals surface area contributed by atoms with Crippen LogP contribution < -0.4 is 10.6 Å². The van der Waals surface area contributed by atoms with Gasteiger partial charge < -0.3 is 15.5 Å². The van der Waals surface area contributed by atoms with Crippen LogP contribution in [0.3, 0.4) is 0 Å². The summed E-state index contributed by atoms with van der Waals surface area (Å²) in [7, 11) is 0. The summed E-state index contributed by atoms with van der Waals surface area (Å²) in [5, 5.41) is 6.85. The van der Waals surface area contributed by atoms with E-state index in [2.05, 4.69) is 67.8 Å². The highest BCUT2D eigenvalue weighted by Gasteiger charge is 2.19. The number of guanidine groups is 1. The molecule has 30 heavy (non-hydrogen) atoms. The molecule has 0 bridgehead atoms. The number of likely N-dealkylation sites (tertiary alicyclic amines) is 1. The highest BCUT2D eigenvalue weighted by molar-refractivity contribution is 14.0. The zero-order valence-electron chi connectivity index (χ0n) is 18.1. The van der Waals surface area contributed by atoms with Gasteiger partial charge in [-0.25, -0.2) is 4.99 Å². The van der Waals surface area contributed by atoms with Gasteiger partial charge in [0, 0.05) is 48.3 Å². The molecule has 5 nitrogen and oxygen atoms in total. The number of hydrogen-bond acceptors (Lipinski definition) is 3. The molecule has 1 aliphatic rings. The number of benzene rings is 1. The topological polar surface area (TPSA) is 56.7 Å². The number of rotatable bonds is 8. The number of nitrogens with one attached hydrogen (secondary N) is 2. The number of aliphatic imine (C=N–C) groups is 1. The second-order valence-electron chi connectivity index (χ2n) is 7.69. The van der Waals surface area contributed by atoms with Gasteiger partial charge in [0.15, 0.2) is 5.96 Å². The van der Waals surface area contributed by atoms with Gasteiger partial charge in [0.05, 0.1) is 6.54 Å². The number of carbonyl (C=O) groups excluding carboxylic acids is 1. The van der Waals surface area contributed by atoms with E-state index in [1.54, 1.807) is 0 Å². The molecule has 1 fully saturated rings. The Balaban J connectivity index is 0.00000320. The van der Waals surface area contributed by atoms with Crippen LogP contribution in [0.4, 0.5) is 0 Å². The average molecular weight is 541 g/mol. The Hall–Kier alpha value is -1.61. The summed E-state index contributed by atoms with van der Waals surface area (Å²) in [6.07, 6.45) is 2.67. The molecule has 1 aromatic carbocycles. The van der Waals surface area contributed by atoms with E-state index < -0.39 is 0 Å². The molecule has 1 aromatic heterocycles. The van der Waals surface area contributed by atoms with Gasteiger partial charge >= 0.3 is 0 Å². The van der Waals surface area contributed by atoms with Gasteiger partial charge in [0.25, 0.3) is 0 Å². The van der Waals surface area contributed by atoms with Gasteiger partial charge in [-0.2, -0.15) is 0 Å². The molecule has 1 saturated heterocycles. The lowest BCUT2D eigenvalue weighted by Crippen LogP contribution is -2.43. The minimum atomic E-state index is 0. The lowest BCUT2D eigenvalue weighted by atomic mass is 10.1. The third-order valence-corrected chi connectivity index (χ3v) is 6.04. The lowest BCUT2D eigenvalue weighted by molar-refractivity contribution is -0.128. The fraction of sp³-hybridized carbons (Fsp3) is 0.478. The van der Waals surface area contributed by atoms with E-state index in [0.717, 1.165) is 31.9 Å². The van der Waals surface area contributed by atoms with E-state index >= 15 is 0 Å². The molecule has 3 rings (SSSR count). The standard InChI is InChI=1S/C23H32N4OS.HI/c1-4-24-23(26-17(2)14-21-12-7-18(3)29-21)25-15-19-8-10-20(11-9-19)16-27-13-5-6-22(27)28;/h7-12,17H,4-6,13-16H2,1-3H3,(H2,24,25,26);1H. The molecular formula is C23H33IN4OS. The third kappa shape index (κ3) is 7.58. The van der Waals surface area contributed by atoms with Gasteiger partial charge in [0.1, 0.15) is 0 Å². The molecule has 1 aliphatic heterocycles. The molecule has 7 heteroatoms. The monoisotopic (exact) mass is 540 g/mol. The largest absolute Gasteiger partial charge is 0.357 e. The molecule has 2 heterocycles. The van der Waals surface area contributed by atoms with Crippen molar-refractivity contribution in [3.05, 3.63) is 57.3 Å². The fourth-order valence-electron chi connectivity index (χ4n) is 3.51. The first-order valence-corrected chi connectivity index (χ1v) is 11.3. The van der Waals surface area contributed by atoms with Crippen molar-refractivity contribution < 1.29 is 4.79 Å². The number of carbonyl (C=O) groups is 1. The van der Waals surface area contributed by atoms with E-state index in [0.29, 0.717) is 25.6 Å². The molecule has 1 atom stereocenters. The maximum Gasteiger partial charge on any atom is 0.222 e. The van der Waals surface area contributed by atoms with Gasteiger partial charge in [0.2, 0.25) is 5.91 Å². The number of amides is 1. The Morgan fingerprint density at radius 3 is 2.53 bits per heavy atom. The van der Waals surface area contributed by atoms with Gasteiger partial charge in [-0.05, 0) is 50.5 Å². The molecular weight excluding hydrogens is 507 g/mol. The summed E-state index contributed by atoms with van der Waals surface area (Å²) in [5.41, 5.74) is 2.35. The molecule has 2 N–H and O–H groups in total. The number of halogens is 1. The van der Waals surface area contributed by atoms with Crippen LogP contribution in [0, 0.1) is 6.92 Å². The highest BCUT2D eigenvalue weighted by Crippen LogP contribution is 2.17. The summed E-state index contributed by atoms with van der Waals surface area (Å²) in [6, 6.07) is 13.1. The summed E-state index contributed by atoms with van der Waals surface area (Å²) in [6.45, 7) is 9.47. The molecule has 164 valence electrons. The smallest absolute Gasteiger partial charge is 0.222 e. The molecule has 0 aliphatic carbocycles. The first-order valence-electron chi connectivity index (χ1n) is 10.5. The van der Waals surface area contributed by atoms with Crippen molar-refractivity contribution in [1.82, 2.24) is 15.5 Å². The Kier molecular flexibility index (Phi) is 10.1. The first kappa shape index (κ1) is 24.7. The van der Waals surface area contributed by atoms with Crippen LogP contribution in [-0.2, 0) is 24.3 Å². The molecule has 2 aromatic rings. The number of hydrogen-bond donors (Lipinski definition) is 2. The van der Waals surface area contributed by atoms with Crippen molar-refractivity contribution in [2.45, 2.75) is 59.2 Å². The van der Waals surface area contributed by atoms with Gasteiger partial charge in [-0.15, -0.1) is 35.3 Å². The fourth-order valence-corrected chi connectivity index (χ4v) is 4.53.